The molecule has 0 fully saturated rings. The second kappa shape index (κ2) is 11.1. The lowest BCUT2D eigenvalue weighted by Gasteiger charge is -2.11. The van der Waals surface area contributed by atoms with Crippen LogP contribution in [0.3, 0.4) is 0 Å². The van der Waals surface area contributed by atoms with E-state index in [0.717, 1.165) is 36.3 Å². The standard InChI is InChI=1S/C23H25N3.H4N2/c1-17-7-4-12-24-21(17)11-10-20(15-22-18(2)8-5-13-25-22)16-23-19(3)9-6-14-26-23;1-2/h4-10,12-14H,11,15-16H2,1-3H3;1-2H2. The van der Waals surface area contributed by atoms with Crippen molar-refractivity contribution in [2.45, 2.75) is 40.0 Å². The number of aromatic nitrogens is 3. The number of nitrogens with two attached hydrogens (primary N) is 2. The highest BCUT2D eigenvalue weighted by Gasteiger charge is 2.08. The van der Waals surface area contributed by atoms with Crippen molar-refractivity contribution in [1.29, 1.82) is 0 Å². The predicted octanol–water partition coefficient (Wildman–Crippen LogP) is 3.57. The molecule has 146 valence electrons. The topological polar surface area (TPSA) is 90.7 Å². The minimum atomic E-state index is 0.833. The first-order valence-corrected chi connectivity index (χ1v) is 9.36. The minimum absolute atomic E-state index is 0.833. The normalized spacial score (nSPS) is 10.0. The van der Waals surface area contributed by atoms with E-state index < -0.39 is 0 Å². The van der Waals surface area contributed by atoms with Crippen LogP contribution >= 0.6 is 0 Å². The van der Waals surface area contributed by atoms with E-state index in [9.17, 15) is 0 Å². The van der Waals surface area contributed by atoms with Crippen LogP contribution in [0.25, 0.3) is 0 Å². The highest BCUT2D eigenvalue weighted by molar-refractivity contribution is 5.30. The van der Waals surface area contributed by atoms with E-state index in [2.05, 4.69) is 71.7 Å². The van der Waals surface area contributed by atoms with Gasteiger partial charge in [0, 0.05) is 54.9 Å². The van der Waals surface area contributed by atoms with E-state index in [-0.39, 0.29) is 0 Å². The fraction of sp³-hybridized carbons (Fsp3) is 0.261. The van der Waals surface area contributed by atoms with Crippen LogP contribution in [0.2, 0.25) is 0 Å². The third-order valence-electron chi connectivity index (χ3n) is 4.73. The Hall–Kier alpha value is -2.89. The molecule has 28 heavy (non-hydrogen) atoms. The van der Waals surface area contributed by atoms with Gasteiger partial charge in [0.2, 0.25) is 0 Å². The largest absolute Gasteiger partial charge is 0.274 e. The number of pyridine rings is 3. The quantitative estimate of drug-likeness (QED) is 0.390. The molecule has 0 spiro atoms. The molecule has 0 aromatic carbocycles. The predicted molar refractivity (Wildman–Crippen MR) is 114 cm³/mol. The summed E-state index contributed by atoms with van der Waals surface area (Å²) < 4.78 is 0. The van der Waals surface area contributed by atoms with Gasteiger partial charge in [0.15, 0.2) is 0 Å². The first-order chi connectivity index (χ1) is 13.6. The molecule has 0 aliphatic carbocycles. The molecule has 0 atom stereocenters. The highest BCUT2D eigenvalue weighted by atomic mass is 15.0. The van der Waals surface area contributed by atoms with E-state index in [0.29, 0.717) is 0 Å². The maximum Gasteiger partial charge on any atom is 0.0473 e. The van der Waals surface area contributed by atoms with Gasteiger partial charge in [0.25, 0.3) is 0 Å². The van der Waals surface area contributed by atoms with E-state index in [1.54, 1.807) is 0 Å². The molecule has 0 aliphatic rings. The molecule has 4 N–H and O–H groups in total. The molecule has 0 aliphatic heterocycles. The van der Waals surface area contributed by atoms with E-state index in [1.807, 2.05) is 36.8 Å². The average Bonchev–Trinajstić information content (AvgIpc) is 2.72. The molecule has 0 saturated heterocycles. The smallest absolute Gasteiger partial charge is 0.0473 e. The van der Waals surface area contributed by atoms with Gasteiger partial charge < -0.3 is 0 Å². The van der Waals surface area contributed by atoms with Crippen molar-refractivity contribution >= 4 is 0 Å². The van der Waals surface area contributed by atoms with Crippen molar-refractivity contribution in [3.8, 4) is 0 Å². The van der Waals surface area contributed by atoms with Crippen LogP contribution in [0, 0.1) is 20.8 Å². The van der Waals surface area contributed by atoms with Gasteiger partial charge in [-0.15, -0.1) is 0 Å². The molecule has 0 bridgehead atoms. The van der Waals surface area contributed by atoms with Gasteiger partial charge in [-0.25, -0.2) is 0 Å². The van der Waals surface area contributed by atoms with Crippen LogP contribution in [0.1, 0.15) is 33.8 Å². The Morgan fingerprint density at radius 2 is 1.11 bits per heavy atom. The zero-order valence-corrected chi connectivity index (χ0v) is 16.9. The number of hydrogen-bond acceptors (Lipinski definition) is 5. The van der Waals surface area contributed by atoms with Crippen molar-refractivity contribution in [3.05, 3.63) is 100 Å². The van der Waals surface area contributed by atoms with Crippen LogP contribution in [-0.4, -0.2) is 15.0 Å². The first kappa shape index (κ1) is 21.4. The molecule has 5 nitrogen and oxygen atoms in total. The zero-order chi connectivity index (χ0) is 20.4. The lowest BCUT2D eigenvalue weighted by Crippen LogP contribution is -2.04. The summed E-state index contributed by atoms with van der Waals surface area (Å²) in [5, 5.41) is 0. The summed E-state index contributed by atoms with van der Waals surface area (Å²) in [6, 6.07) is 12.3. The van der Waals surface area contributed by atoms with Crippen LogP contribution in [0.15, 0.2) is 66.6 Å². The molecule has 3 rings (SSSR count). The van der Waals surface area contributed by atoms with E-state index in [1.165, 1.54) is 22.3 Å². The third-order valence-corrected chi connectivity index (χ3v) is 4.73. The number of nitrogens with zero attached hydrogens (tertiary/aromatic N) is 3. The van der Waals surface area contributed by atoms with Gasteiger partial charge in [0.1, 0.15) is 0 Å². The SMILES string of the molecule is Cc1cccnc1CC=C(Cc1ncccc1C)Cc1ncccc1C.NN. The second-order valence-corrected chi connectivity index (χ2v) is 6.72. The summed E-state index contributed by atoms with van der Waals surface area (Å²) in [4.78, 5) is 13.7. The Kier molecular flexibility index (Phi) is 8.46. The fourth-order valence-corrected chi connectivity index (χ4v) is 3.02. The number of rotatable bonds is 6. The van der Waals surface area contributed by atoms with E-state index in [4.69, 9.17) is 0 Å². The summed E-state index contributed by atoms with van der Waals surface area (Å²) >= 11 is 0. The number of aryl methyl sites for hydroxylation is 3. The molecule has 3 aromatic heterocycles. The van der Waals surface area contributed by atoms with Gasteiger partial charge in [0.05, 0.1) is 0 Å². The van der Waals surface area contributed by atoms with Crippen molar-refractivity contribution in [3.63, 3.8) is 0 Å². The summed E-state index contributed by atoms with van der Waals surface area (Å²) in [6.45, 7) is 6.35. The highest BCUT2D eigenvalue weighted by Crippen LogP contribution is 2.17. The molecule has 0 radical (unpaired) electrons. The molecule has 0 amide bonds. The maximum atomic E-state index is 4.58. The molecule has 3 heterocycles. The van der Waals surface area contributed by atoms with Crippen LogP contribution in [0.4, 0.5) is 0 Å². The fourth-order valence-electron chi connectivity index (χ4n) is 3.02. The van der Waals surface area contributed by atoms with Gasteiger partial charge >= 0.3 is 0 Å². The summed E-state index contributed by atoms with van der Waals surface area (Å²) in [5.41, 5.74) is 8.40. The lowest BCUT2D eigenvalue weighted by atomic mass is 9.98. The molecule has 5 heteroatoms. The van der Waals surface area contributed by atoms with E-state index >= 15 is 0 Å². The summed E-state index contributed by atoms with van der Waals surface area (Å²) in [6.07, 6.45) is 10.4. The van der Waals surface area contributed by atoms with Crippen molar-refractivity contribution in [1.82, 2.24) is 15.0 Å². The number of allylic oxidation sites excluding steroid dienone is 2. The van der Waals surface area contributed by atoms with Crippen LogP contribution < -0.4 is 11.7 Å². The van der Waals surface area contributed by atoms with Crippen molar-refractivity contribution in [2.24, 2.45) is 11.7 Å². The monoisotopic (exact) mass is 375 g/mol. The van der Waals surface area contributed by atoms with Crippen molar-refractivity contribution in [2.75, 3.05) is 0 Å². The number of hydrogen-bond donors (Lipinski definition) is 2. The van der Waals surface area contributed by atoms with Gasteiger partial charge in [-0.3, -0.25) is 26.6 Å². The third kappa shape index (κ3) is 6.08. The summed E-state index contributed by atoms with van der Waals surface area (Å²) in [5.74, 6) is 8.00. The van der Waals surface area contributed by atoms with Crippen LogP contribution in [-0.2, 0) is 19.3 Å². The maximum absolute atomic E-state index is 4.58. The zero-order valence-electron chi connectivity index (χ0n) is 16.9. The molecular weight excluding hydrogens is 346 g/mol. The van der Waals surface area contributed by atoms with Gasteiger partial charge in [-0.1, -0.05) is 29.8 Å². The summed E-state index contributed by atoms with van der Waals surface area (Å²) in [7, 11) is 0. The van der Waals surface area contributed by atoms with Crippen molar-refractivity contribution < 1.29 is 0 Å². The molecule has 0 unspecified atom stereocenters. The minimum Gasteiger partial charge on any atom is -0.274 e. The van der Waals surface area contributed by atoms with Gasteiger partial charge in [-0.05, 0) is 55.7 Å². The Balaban J connectivity index is 0.00000136. The molecular formula is C23H29N5. The second-order valence-electron chi connectivity index (χ2n) is 6.72. The Morgan fingerprint density at radius 1 is 0.714 bits per heavy atom. The molecule has 3 aromatic rings. The number of hydrazine groups is 1. The Bertz CT molecular complexity index is 869. The molecule has 0 saturated carbocycles. The Morgan fingerprint density at radius 3 is 1.50 bits per heavy atom. The van der Waals surface area contributed by atoms with Crippen LogP contribution in [0.5, 0.6) is 0 Å². The van der Waals surface area contributed by atoms with Gasteiger partial charge in [-0.2, -0.15) is 0 Å². The average molecular weight is 376 g/mol. The lowest BCUT2D eigenvalue weighted by molar-refractivity contribution is 0.918. The Labute approximate surface area is 167 Å². The first-order valence-electron chi connectivity index (χ1n) is 9.36.